The van der Waals surface area contributed by atoms with Gasteiger partial charge in [-0.15, -0.1) is 0 Å². The quantitative estimate of drug-likeness (QED) is 0.416. The molecular formula is C12H23NO4S. The van der Waals surface area contributed by atoms with Crippen molar-refractivity contribution in [1.82, 2.24) is 5.32 Å². The Bertz CT molecular complexity index is 256. The van der Waals surface area contributed by atoms with Gasteiger partial charge in [-0.3, -0.25) is 9.59 Å². The Morgan fingerprint density at radius 1 is 1.39 bits per heavy atom. The Labute approximate surface area is 114 Å². The minimum Gasteiger partial charge on any atom is -0.480 e. The maximum Gasteiger partial charge on any atom is 0.322 e. The van der Waals surface area contributed by atoms with Crippen LogP contribution < -0.4 is 5.32 Å². The first-order chi connectivity index (χ1) is 8.47. The standard InChI is InChI=1S/C9H15NO4S.C3H8/c11-7(3-1-2-4-15)5-8(12)10-6-9(13)14;1-3-2/h1,3,7,11,15H,2,4-6H2,(H,10,12)(H,13,14);3H2,1-2H3/b3-1+;. The number of carboxylic acids is 1. The van der Waals surface area contributed by atoms with Crippen LogP contribution in [-0.4, -0.2) is 40.5 Å². The van der Waals surface area contributed by atoms with E-state index < -0.39 is 24.5 Å². The monoisotopic (exact) mass is 277 g/mol. The number of thiol groups is 1. The number of amides is 1. The molecule has 0 spiro atoms. The van der Waals surface area contributed by atoms with E-state index >= 15 is 0 Å². The number of carbonyl (C=O) groups excluding carboxylic acids is 1. The third-order valence-electron chi connectivity index (χ3n) is 1.49. The first-order valence-electron chi connectivity index (χ1n) is 5.91. The Kier molecular flexibility index (Phi) is 15.1. The summed E-state index contributed by atoms with van der Waals surface area (Å²) in [5.74, 6) is -0.919. The summed E-state index contributed by atoms with van der Waals surface area (Å²) in [5.41, 5.74) is 0. The summed E-state index contributed by atoms with van der Waals surface area (Å²) in [5, 5.41) is 19.7. The van der Waals surface area contributed by atoms with Crippen LogP contribution in [0.4, 0.5) is 0 Å². The summed E-state index contributed by atoms with van der Waals surface area (Å²) in [4.78, 5) is 21.1. The molecule has 0 aromatic carbocycles. The Morgan fingerprint density at radius 3 is 2.39 bits per heavy atom. The Hall–Kier alpha value is -1.01. The van der Waals surface area contributed by atoms with E-state index in [0.717, 1.165) is 6.42 Å². The van der Waals surface area contributed by atoms with Gasteiger partial charge < -0.3 is 15.5 Å². The van der Waals surface area contributed by atoms with Crippen LogP contribution in [-0.2, 0) is 9.59 Å². The van der Waals surface area contributed by atoms with Crippen molar-refractivity contribution >= 4 is 24.5 Å². The first-order valence-corrected chi connectivity index (χ1v) is 6.55. The van der Waals surface area contributed by atoms with Gasteiger partial charge in [0.1, 0.15) is 6.54 Å². The molecule has 18 heavy (non-hydrogen) atoms. The lowest BCUT2D eigenvalue weighted by atomic mass is 10.2. The zero-order valence-electron chi connectivity index (χ0n) is 10.9. The number of hydrogen-bond acceptors (Lipinski definition) is 4. The van der Waals surface area contributed by atoms with Crippen LogP contribution in [0.1, 0.15) is 33.1 Å². The molecule has 0 aromatic rings. The number of hydrogen-bond donors (Lipinski definition) is 4. The second-order valence-electron chi connectivity index (χ2n) is 3.59. The van der Waals surface area contributed by atoms with Crippen molar-refractivity contribution in [2.75, 3.05) is 12.3 Å². The second kappa shape index (κ2) is 14.1. The number of rotatable bonds is 7. The van der Waals surface area contributed by atoms with Gasteiger partial charge in [0.2, 0.25) is 5.91 Å². The summed E-state index contributed by atoms with van der Waals surface area (Å²) in [7, 11) is 0. The van der Waals surface area contributed by atoms with E-state index in [4.69, 9.17) is 5.11 Å². The van der Waals surface area contributed by atoms with Gasteiger partial charge in [0.15, 0.2) is 0 Å². The number of carboxylic acid groups (broad SMARTS) is 1. The normalized spacial score (nSPS) is 11.6. The summed E-state index contributed by atoms with van der Waals surface area (Å²) < 4.78 is 0. The van der Waals surface area contributed by atoms with Gasteiger partial charge in [0.05, 0.1) is 12.5 Å². The lowest BCUT2D eigenvalue weighted by Crippen LogP contribution is -2.31. The topological polar surface area (TPSA) is 86.6 Å². The molecule has 0 aromatic heterocycles. The fourth-order valence-corrected chi connectivity index (χ4v) is 0.981. The number of carbonyl (C=O) groups is 2. The molecule has 0 aliphatic heterocycles. The lowest BCUT2D eigenvalue weighted by Gasteiger charge is -2.05. The summed E-state index contributed by atoms with van der Waals surface area (Å²) in [6, 6.07) is 0. The molecule has 1 amide bonds. The molecule has 0 saturated heterocycles. The van der Waals surface area contributed by atoms with Gasteiger partial charge in [-0.1, -0.05) is 32.4 Å². The molecule has 5 nitrogen and oxygen atoms in total. The predicted molar refractivity (Wildman–Crippen MR) is 74.8 cm³/mol. The fraction of sp³-hybridized carbons (Fsp3) is 0.667. The molecule has 106 valence electrons. The average Bonchev–Trinajstić information content (AvgIpc) is 2.28. The van der Waals surface area contributed by atoms with Crippen LogP contribution in [0.15, 0.2) is 12.2 Å². The molecule has 0 rings (SSSR count). The van der Waals surface area contributed by atoms with Crippen molar-refractivity contribution < 1.29 is 19.8 Å². The van der Waals surface area contributed by atoms with Gasteiger partial charge in [0.25, 0.3) is 0 Å². The smallest absolute Gasteiger partial charge is 0.322 e. The SMILES string of the molecule is CCC.O=C(O)CNC(=O)CC(O)/C=C/CCS. The van der Waals surface area contributed by atoms with Crippen LogP contribution in [0.5, 0.6) is 0 Å². The van der Waals surface area contributed by atoms with Crippen molar-refractivity contribution in [2.45, 2.75) is 39.2 Å². The minimum absolute atomic E-state index is 0.129. The molecule has 0 radical (unpaired) electrons. The zero-order valence-corrected chi connectivity index (χ0v) is 11.8. The van der Waals surface area contributed by atoms with E-state index in [1.807, 2.05) is 0 Å². The Morgan fingerprint density at radius 2 is 1.94 bits per heavy atom. The Balaban J connectivity index is 0. The molecule has 6 heteroatoms. The van der Waals surface area contributed by atoms with Crippen LogP contribution in [0.25, 0.3) is 0 Å². The third-order valence-corrected chi connectivity index (χ3v) is 1.74. The maximum atomic E-state index is 11.0. The number of allylic oxidation sites excluding steroid dienone is 1. The second-order valence-corrected chi connectivity index (χ2v) is 4.04. The summed E-state index contributed by atoms with van der Waals surface area (Å²) in [6.07, 6.45) is 4.19. The molecule has 0 saturated carbocycles. The highest BCUT2D eigenvalue weighted by atomic mass is 32.1. The summed E-state index contributed by atoms with van der Waals surface area (Å²) >= 11 is 3.97. The maximum absolute atomic E-state index is 11.0. The van der Waals surface area contributed by atoms with E-state index in [2.05, 4.69) is 31.8 Å². The summed E-state index contributed by atoms with van der Waals surface area (Å²) in [6.45, 7) is 3.83. The van der Waals surface area contributed by atoms with Crippen molar-refractivity contribution in [3.05, 3.63) is 12.2 Å². The minimum atomic E-state index is -1.11. The number of nitrogens with one attached hydrogen (secondary N) is 1. The van der Waals surface area contributed by atoms with E-state index in [0.29, 0.717) is 5.75 Å². The zero-order chi connectivity index (χ0) is 14.4. The first kappa shape index (κ1) is 19.3. The predicted octanol–water partition coefficient (Wildman–Crippen LogP) is 1.23. The van der Waals surface area contributed by atoms with Crippen LogP contribution in [0.2, 0.25) is 0 Å². The van der Waals surface area contributed by atoms with E-state index in [-0.39, 0.29) is 6.42 Å². The van der Waals surface area contributed by atoms with E-state index in [1.54, 1.807) is 6.08 Å². The van der Waals surface area contributed by atoms with Crippen LogP contribution in [0, 0.1) is 0 Å². The lowest BCUT2D eigenvalue weighted by molar-refractivity contribution is -0.138. The molecular weight excluding hydrogens is 254 g/mol. The van der Waals surface area contributed by atoms with Crippen molar-refractivity contribution in [2.24, 2.45) is 0 Å². The van der Waals surface area contributed by atoms with Gasteiger partial charge in [-0.25, -0.2) is 0 Å². The van der Waals surface area contributed by atoms with Crippen LogP contribution in [0.3, 0.4) is 0 Å². The van der Waals surface area contributed by atoms with E-state index in [9.17, 15) is 14.7 Å². The number of aliphatic hydroxyl groups excluding tert-OH is 1. The molecule has 0 fully saturated rings. The van der Waals surface area contributed by atoms with Crippen molar-refractivity contribution in [3.8, 4) is 0 Å². The van der Waals surface area contributed by atoms with Crippen molar-refractivity contribution in [1.29, 1.82) is 0 Å². The third kappa shape index (κ3) is 17.4. The highest BCUT2D eigenvalue weighted by Crippen LogP contribution is 1.96. The van der Waals surface area contributed by atoms with Crippen LogP contribution >= 0.6 is 12.6 Å². The number of aliphatic carboxylic acids is 1. The molecule has 3 N–H and O–H groups in total. The molecule has 0 aliphatic carbocycles. The molecule has 0 bridgehead atoms. The van der Waals surface area contributed by atoms with Gasteiger partial charge in [0, 0.05) is 0 Å². The molecule has 1 atom stereocenters. The van der Waals surface area contributed by atoms with Gasteiger partial charge >= 0.3 is 5.97 Å². The van der Waals surface area contributed by atoms with Gasteiger partial charge in [-0.05, 0) is 12.2 Å². The van der Waals surface area contributed by atoms with E-state index in [1.165, 1.54) is 12.5 Å². The molecule has 1 unspecified atom stereocenters. The fourth-order valence-electron chi connectivity index (χ4n) is 0.832. The highest BCUT2D eigenvalue weighted by molar-refractivity contribution is 7.80. The number of aliphatic hydroxyl groups is 1. The molecule has 0 aliphatic rings. The van der Waals surface area contributed by atoms with Crippen molar-refractivity contribution in [3.63, 3.8) is 0 Å². The average molecular weight is 277 g/mol. The largest absolute Gasteiger partial charge is 0.480 e. The highest BCUT2D eigenvalue weighted by Gasteiger charge is 2.08. The van der Waals surface area contributed by atoms with Gasteiger partial charge in [-0.2, -0.15) is 12.6 Å². The molecule has 0 heterocycles.